The standard InChI is InChI=1S/C18H19N3OS/c1-19-15-7-3-4-8-16(15)21(18(19)23)13-20-10-11-22-17-9-5-2-6-14(17)12-20/h2-9H,10-13H2,1H3. The molecular weight excluding hydrogens is 306 g/mol. The summed E-state index contributed by atoms with van der Waals surface area (Å²) in [6, 6.07) is 16.6. The van der Waals surface area contributed by atoms with E-state index in [0.29, 0.717) is 6.61 Å². The Morgan fingerprint density at radius 1 is 1.04 bits per heavy atom. The molecule has 118 valence electrons. The monoisotopic (exact) mass is 325 g/mol. The topological polar surface area (TPSA) is 22.3 Å². The smallest absolute Gasteiger partial charge is 0.181 e. The molecule has 0 aliphatic carbocycles. The van der Waals surface area contributed by atoms with Crippen LogP contribution in [0, 0.1) is 4.77 Å². The van der Waals surface area contributed by atoms with Gasteiger partial charge in [-0.25, -0.2) is 0 Å². The van der Waals surface area contributed by atoms with Gasteiger partial charge in [0, 0.05) is 25.7 Å². The molecule has 0 amide bonds. The molecule has 0 N–H and O–H groups in total. The van der Waals surface area contributed by atoms with Crippen LogP contribution in [0.5, 0.6) is 5.75 Å². The second kappa shape index (κ2) is 5.83. The molecule has 1 aromatic heterocycles. The van der Waals surface area contributed by atoms with Gasteiger partial charge in [-0.2, -0.15) is 0 Å². The molecule has 0 saturated carbocycles. The summed E-state index contributed by atoms with van der Waals surface area (Å²) in [4.78, 5) is 2.38. The minimum Gasteiger partial charge on any atom is -0.492 e. The van der Waals surface area contributed by atoms with E-state index in [0.717, 1.165) is 30.3 Å². The van der Waals surface area contributed by atoms with Gasteiger partial charge in [-0.15, -0.1) is 0 Å². The number of benzene rings is 2. The van der Waals surface area contributed by atoms with Crippen molar-refractivity contribution in [2.75, 3.05) is 13.2 Å². The number of fused-ring (bicyclic) bond motifs is 2. The number of para-hydroxylation sites is 3. The molecule has 4 nitrogen and oxygen atoms in total. The van der Waals surface area contributed by atoms with Crippen LogP contribution in [0.25, 0.3) is 11.0 Å². The van der Waals surface area contributed by atoms with Crippen LogP contribution in [0.15, 0.2) is 48.5 Å². The second-order valence-electron chi connectivity index (χ2n) is 5.91. The highest BCUT2D eigenvalue weighted by molar-refractivity contribution is 7.71. The minimum absolute atomic E-state index is 0.703. The van der Waals surface area contributed by atoms with E-state index in [9.17, 15) is 0 Å². The normalized spacial score (nSPS) is 15.2. The molecule has 0 fully saturated rings. The molecule has 0 unspecified atom stereocenters. The van der Waals surface area contributed by atoms with Crippen LogP contribution < -0.4 is 4.74 Å². The van der Waals surface area contributed by atoms with Gasteiger partial charge in [-0.1, -0.05) is 30.3 Å². The summed E-state index contributed by atoms with van der Waals surface area (Å²) in [6.45, 7) is 3.24. The summed E-state index contributed by atoms with van der Waals surface area (Å²) in [5, 5.41) is 0. The number of imidazole rings is 1. The molecule has 0 spiro atoms. The first-order valence-corrected chi connectivity index (χ1v) is 8.22. The van der Waals surface area contributed by atoms with Crippen molar-refractivity contribution >= 4 is 23.3 Å². The lowest BCUT2D eigenvalue weighted by atomic mass is 10.2. The third-order valence-corrected chi connectivity index (χ3v) is 4.92. The predicted molar refractivity (Wildman–Crippen MR) is 94.1 cm³/mol. The fraction of sp³-hybridized carbons (Fsp3) is 0.278. The van der Waals surface area contributed by atoms with E-state index >= 15 is 0 Å². The van der Waals surface area contributed by atoms with Crippen LogP contribution >= 0.6 is 12.2 Å². The van der Waals surface area contributed by atoms with Crippen molar-refractivity contribution < 1.29 is 4.74 Å². The van der Waals surface area contributed by atoms with Gasteiger partial charge < -0.3 is 13.9 Å². The number of aryl methyl sites for hydroxylation is 1. The van der Waals surface area contributed by atoms with E-state index in [-0.39, 0.29) is 0 Å². The van der Waals surface area contributed by atoms with E-state index in [1.54, 1.807) is 0 Å². The van der Waals surface area contributed by atoms with Gasteiger partial charge in [0.15, 0.2) is 4.77 Å². The fourth-order valence-electron chi connectivity index (χ4n) is 3.20. The highest BCUT2D eigenvalue weighted by atomic mass is 32.1. The largest absolute Gasteiger partial charge is 0.492 e. The summed E-state index contributed by atoms with van der Waals surface area (Å²) in [6.07, 6.45) is 0. The molecular formula is C18H19N3OS. The van der Waals surface area contributed by atoms with Gasteiger partial charge in [0.2, 0.25) is 0 Å². The Morgan fingerprint density at radius 2 is 1.78 bits per heavy atom. The van der Waals surface area contributed by atoms with E-state index in [1.165, 1.54) is 16.6 Å². The Kier molecular flexibility index (Phi) is 3.67. The first-order valence-electron chi connectivity index (χ1n) is 7.81. The van der Waals surface area contributed by atoms with E-state index in [1.807, 2.05) is 19.2 Å². The molecule has 5 heteroatoms. The van der Waals surface area contributed by atoms with Crippen molar-refractivity contribution in [1.29, 1.82) is 0 Å². The summed E-state index contributed by atoms with van der Waals surface area (Å²) >= 11 is 5.64. The lowest BCUT2D eigenvalue weighted by Gasteiger charge is -2.20. The van der Waals surface area contributed by atoms with Crippen molar-refractivity contribution in [2.24, 2.45) is 7.05 Å². The molecule has 3 aromatic rings. The zero-order valence-corrected chi connectivity index (χ0v) is 13.9. The maximum absolute atomic E-state index is 5.86. The van der Waals surface area contributed by atoms with Crippen molar-refractivity contribution in [2.45, 2.75) is 13.2 Å². The fourth-order valence-corrected chi connectivity index (χ4v) is 3.45. The second-order valence-corrected chi connectivity index (χ2v) is 6.27. The van der Waals surface area contributed by atoms with Crippen LogP contribution in [0.2, 0.25) is 0 Å². The average Bonchev–Trinajstić information content (AvgIpc) is 2.74. The number of hydrogen-bond acceptors (Lipinski definition) is 3. The SMILES string of the molecule is Cn1c(=S)n(CN2CCOc3ccccc3C2)c2ccccc21. The molecule has 0 bridgehead atoms. The summed E-state index contributed by atoms with van der Waals surface area (Å²) in [5.41, 5.74) is 3.58. The molecule has 2 aromatic carbocycles. The quantitative estimate of drug-likeness (QED) is 0.673. The third kappa shape index (κ3) is 2.56. The Balaban J connectivity index is 1.69. The molecule has 4 rings (SSSR count). The zero-order chi connectivity index (χ0) is 15.8. The van der Waals surface area contributed by atoms with Crippen LogP contribution in [-0.4, -0.2) is 27.2 Å². The maximum atomic E-state index is 5.86. The summed E-state index contributed by atoms with van der Waals surface area (Å²) in [5.74, 6) is 0.997. The first-order chi connectivity index (χ1) is 11.2. The van der Waals surface area contributed by atoms with Crippen molar-refractivity contribution in [3.63, 3.8) is 0 Å². The third-order valence-electron chi connectivity index (χ3n) is 4.42. The van der Waals surface area contributed by atoms with Crippen LogP contribution in [0.3, 0.4) is 0 Å². The molecule has 0 saturated heterocycles. The number of aromatic nitrogens is 2. The lowest BCUT2D eigenvalue weighted by molar-refractivity contribution is 0.187. The number of ether oxygens (including phenoxy) is 1. The van der Waals surface area contributed by atoms with Crippen LogP contribution in [0.1, 0.15) is 5.56 Å². The number of nitrogens with zero attached hydrogens (tertiary/aromatic N) is 3. The number of hydrogen-bond donors (Lipinski definition) is 0. The van der Waals surface area contributed by atoms with Gasteiger partial charge in [0.25, 0.3) is 0 Å². The highest BCUT2D eigenvalue weighted by Gasteiger charge is 2.17. The Hall–Kier alpha value is -2.11. The summed E-state index contributed by atoms with van der Waals surface area (Å²) in [7, 11) is 2.03. The van der Waals surface area contributed by atoms with Gasteiger partial charge in [-0.05, 0) is 30.4 Å². The predicted octanol–water partition coefficient (Wildman–Crippen LogP) is 3.56. The van der Waals surface area contributed by atoms with Crippen molar-refractivity contribution in [3.05, 3.63) is 58.9 Å². The zero-order valence-electron chi connectivity index (χ0n) is 13.1. The Morgan fingerprint density at radius 3 is 2.65 bits per heavy atom. The molecule has 23 heavy (non-hydrogen) atoms. The molecule has 1 aliphatic rings. The Labute approximate surface area is 140 Å². The average molecular weight is 325 g/mol. The van der Waals surface area contributed by atoms with E-state index in [4.69, 9.17) is 17.0 Å². The molecule has 0 radical (unpaired) electrons. The van der Waals surface area contributed by atoms with Crippen LogP contribution in [-0.2, 0) is 20.3 Å². The highest BCUT2D eigenvalue weighted by Crippen LogP contribution is 2.24. The van der Waals surface area contributed by atoms with Gasteiger partial charge in [0.1, 0.15) is 12.4 Å². The maximum Gasteiger partial charge on any atom is 0.181 e. The minimum atomic E-state index is 0.703. The summed E-state index contributed by atoms with van der Waals surface area (Å²) < 4.78 is 11.0. The van der Waals surface area contributed by atoms with Crippen LogP contribution in [0.4, 0.5) is 0 Å². The molecule has 2 heterocycles. The van der Waals surface area contributed by atoms with Crippen molar-refractivity contribution in [3.8, 4) is 5.75 Å². The van der Waals surface area contributed by atoms with E-state index < -0.39 is 0 Å². The Bertz CT molecular complexity index is 912. The number of rotatable bonds is 2. The molecule has 0 atom stereocenters. The van der Waals surface area contributed by atoms with E-state index in [2.05, 4.69) is 50.4 Å². The lowest BCUT2D eigenvalue weighted by Crippen LogP contribution is -2.28. The molecule has 1 aliphatic heterocycles. The van der Waals surface area contributed by atoms with Gasteiger partial charge in [0.05, 0.1) is 17.7 Å². The first kappa shape index (κ1) is 14.5. The van der Waals surface area contributed by atoms with Gasteiger partial charge >= 0.3 is 0 Å². The van der Waals surface area contributed by atoms with Gasteiger partial charge in [-0.3, -0.25) is 4.90 Å². The van der Waals surface area contributed by atoms with Crippen molar-refractivity contribution in [1.82, 2.24) is 14.0 Å².